The third-order valence-electron chi connectivity index (χ3n) is 2.10. The first-order valence-electron chi connectivity index (χ1n) is 4.36. The second kappa shape index (κ2) is 3.62. The maximum absolute atomic E-state index is 12.9. The summed E-state index contributed by atoms with van der Waals surface area (Å²) in [4.78, 5) is 11.1. The Labute approximate surface area is 81.0 Å². The van der Waals surface area contributed by atoms with Gasteiger partial charge in [0.05, 0.1) is 12.7 Å². The van der Waals surface area contributed by atoms with Gasteiger partial charge in [0, 0.05) is 6.08 Å². The van der Waals surface area contributed by atoms with Crippen molar-refractivity contribution in [1.82, 2.24) is 0 Å². The van der Waals surface area contributed by atoms with Crippen molar-refractivity contribution in [3.8, 4) is 0 Å². The average molecular weight is 192 g/mol. The van der Waals surface area contributed by atoms with Gasteiger partial charge in [0.2, 0.25) is 0 Å². The molecule has 0 saturated heterocycles. The maximum atomic E-state index is 12.9. The van der Waals surface area contributed by atoms with Crippen LogP contribution in [0.5, 0.6) is 0 Å². The van der Waals surface area contributed by atoms with Crippen molar-refractivity contribution in [3.05, 3.63) is 48.0 Å². The van der Waals surface area contributed by atoms with Crippen molar-refractivity contribution < 1.29 is 13.9 Å². The normalized spacial score (nSPS) is 20.6. The molecule has 1 aromatic carbocycles. The summed E-state index contributed by atoms with van der Waals surface area (Å²) >= 11 is 0. The van der Waals surface area contributed by atoms with Gasteiger partial charge in [0.15, 0.2) is 5.78 Å². The summed E-state index contributed by atoms with van der Waals surface area (Å²) in [6.07, 6.45) is 2.68. The number of ether oxygens (including phenoxy) is 1. The van der Waals surface area contributed by atoms with Gasteiger partial charge in [0.25, 0.3) is 0 Å². The Morgan fingerprint density at radius 1 is 1.43 bits per heavy atom. The zero-order valence-corrected chi connectivity index (χ0v) is 7.44. The first kappa shape index (κ1) is 8.94. The lowest BCUT2D eigenvalue weighted by Gasteiger charge is -2.18. The second-order valence-electron chi connectivity index (χ2n) is 3.15. The molecule has 0 N–H and O–H groups in total. The van der Waals surface area contributed by atoms with Crippen molar-refractivity contribution in [2.45, 2.75) is 12.5 Å². The molecular formula is C11H9FO2. The number of carbonyl (C=O) groups is 1. The Hall–Kier alpha value is -1.64. The van der Waals surface area contributed by atoms with E-state index in [4.69, 9.17) is 4.74 Å². The molecule has 1 atom stereocenters. The van der Waals surface area contributed by atoms with Crippen LogP contribution in [0.2, 0.25) is 0 Å². The van der Waals surface area contributed by atoms with E-state index in [1.54, 1.807) is 12.1 Å². The predicted molar refractivity (Wildman–Crippen MR) is 49.0 cm³/mol. The van der Waals surface area contributed by atoms with Crippen molar-refractivity contribution in [3.63, 3.8) is 0 Å². The van der Waals surface area contributed by atoms with Crippen LogP contribution in [-0.4, -0.2) is 5.78 Å². The summed E-state index contributed by atoms with van der Waals surface area (Å²) in [5.41, 5.74) is 0.697. The van der Waals surface area contributed by atoms with Gasteiger partial charge in [-0.2, -0.15) is 0 Å². The molecule has 0 radical (unpaired) electrons. The van der Waals surface area contributed by atoms with E-state index in [1.165, 1.54) is 24.5 Å². The highest BCUT2D eigenvalue weighted by Gasteiger charge is 2.18. The zero-order valence-electron chi connectivity index (χ0n) is 7.44. The van der Waals surface area contributed by atoms with Crippen LogP contribution in [0.15, 0.2) is 36.6 Å². The van der Waals surface area contributed by atoms with Crippen molar-refractivity contribution in [1.29, 1.82) is 0 Å². The standard InChI is InChI=1S/C11H9FO2/c12-9-3-1-2-8(6-9)11-7-10(13)4-5-14-11/h1-6,11H,7H2. The van der Waals surface area contributed by atoms with Gasteiger partial charge in [-0.15, -0.1) is 0 Å². The number of halogens is 1. The topological polar surface area (TPSA) is 26.3 Å². The Kier molecular flexibility index (Phi) is 2.31. The molecule has 0 aliphatic carbocycles. The number of rotatable bonds is 1. The first-order chi connectivity index (χ1) is 6.75. The minimum absolute atomic E-state index is 0.00510. The molecule has 2 rings (SSSR count). The Bertz CT molecular complexity index is 385. The number of hydrogen-bond donors (Lipinski definition) is 0. The zero-order chi connectivity index (χ0) is 9.97. The molecule has 0 aromatic heterocycles. The molecule has 1 aliphatic heterocycles. The van der Waals surface area contributed by atoms with E-state index >= 15 is 0 Å². The molecule has 3 heteroatoms. The number of ketones is 1. The van der Waals surface area contributed by atoms with Crippen LogP contribution in [0.1, 0.15) is 18.1 Å². The molecule has 0 bridgehead atoms. The molecule has 2 nitrogen and oxygen atoms in total. The minimum Gasteiger partial charge on any atom is -0.493 e. The number of carbonyl (C=O) groups excluding carboxylic acids is 1. The third kappa shape index (κ3) is 1.82. The molecule has 1 aromatic rings. The van der Waals surface area contributed by atoms with E-state index < -0.39 is 0 Å². The highest BCUT2D eigenvalue weighted by atomic mass is 19.1. The fourth-order valence-electron chi connectivity index (χ4n) is 1.41. The molecule has 0 saturated carbocycles. The summed E-state index contributed by atoms with van der Waals surface area (Å²) in [6.45, 7) is 0. The van der Waals surface area contributed by atoms with Crippen LogP contribution in [0.4, 0.5) is 4.39 Å². The molecule has 1 heterocycles. The highest BCUT2D eigenvalue weighted by molar-refractivity contribution is 5.90. The largest absolute Gasteiger partial charge is 0.493 e. The summed E-state index contributed by atoms with van der Waals surface area (Å²) in [6, 6.07) is 6.11. The Balaban J connectivity index is 2.23. The molecule has 1 aliphatic rings. The quantitative estimate of drug-likeness (QED) is 0.682. The number of benzene rings is 1. The first-order valence-corrected chi connectivity index (χ1v) is 4.36. The van der Waals surface area contributed by atoms with E-state index in [-0.39, 0.29) is 24.1 Å². The van der Waals surface area contributed by atoms with E-state index in [0.717, 1.165) is 0 Å². The predicted octanol–water partition coefficient (Wildman–Crippen LogP) is 2.37. The molecule has 72 valence electrons. The van der Waals surface area contributed by atoms with E-state index in [2.05, 4.69) is 0 Å². The lowest BCUT2D eigenvalue weighted by Crippen LogP contribution is -2.11. The molecule has 0 fully saturated rings. The third-order valence-corrected chi connectivity index (χ3v) is 2.10. The summed E-state index contributed by atoms with van der Waals surface area (Å²) in [7, 11) is 0. The lowest BCUT2D eigenvalue weighted by molar-refractivity contribution is -0.118. The van der Waals surface area contributed by atoms with Gasteiger partial charge in [-0.3, -0.25) is 4.79 Å². The molecule has 14 heavy (non-hydrogen) atoms. The lowest BCUT2D eigenvalue weighted by atomic mass is 10.0. The van der Waals surface area contributed by atoms with Gasteiger partial charge in [0.1, 0.15) is 11.9 Å². The minimum atomic E-state index is -0.344. The van der Waals surface area contributed by atoms with Crippen molar-refractivity contribution in [2.75, 3.05) is 0 Å². The summed E-state index contributed by atoms with van der Waals surface area (Å²) in [5, 5.41) is 0. The second-order valence-corrected chi connectivity index (χ2v) is 3.15. The SMILES string of the molecule is O=C1C=COC(c2cccc(F)c2)C1. The van der Waals surface area contributed by atoms with Gasteiger partial charge in [-0.25, -0.2) is 4.39 Å². The average Bonchev–Trinajstić information content (AvgIpc) is 2.18. The highest BCUT2D eigenvalue weighted by Crippen LogP contribution is 2.25. The van der Waals surface area contributed by atoms with Gasteiger partial charge in [-0.1, -0.05) is 12.1 Å². The van der Waals surface area contributed by atoms with Gasteiger partial charge in [-0.05, 0) is 17.7 Å². The molecule has 1 unspecified atom stereocenters. The van der Waals surface area contributed by atoms with Gasteiger partial charge < -0.3 is 4.74 Å². The number of allylic oxidation sites excluding steroid dienone is 1. The van der Waals surface area contributed by atoms with Crippen LogP contribution < -0.4 is 0 Å². The fraction of sp³-hybridized carbons (Fsp3) is 0.182. The molecular weight excluding hydrogens is 183 g/mol. The molecule has 0 spiro atoms. The van der Waals surface area contributed by atoms with E-state index in [9.17, 15) is 9.18 Å². The van der Waals surface area contributed by atoms with Crippen LogP contribution in [0.3, 0.4) is 0 Å². The van der Waals surface area contributed by atoms with Gasteiger partial charge >= 0.3 is 0 Å². The Morgan fingerprint density at radius 2 is 2.29 bits per heavy atom. The maximum Gasteiger partial charge on any atom is 0.162 e. The van der Waals surface area contributed by atoms with Crippen LogP contribution >= 0.6 is 0 Å². The summed E-state index contributed by atoms with van der Waals surface area (Å²) in [5.74, 6) is -0.307. The summed E-state index contributed by atoms with van der Waals surface area (Å²) < 4.78 is 18.1. The Morgan fingerprint density at radius 3 is 3.00 bits per heavy atom. The van der Waals surface area contributed by atoms with Crippen molar-refractivity contribution >= 4 is 5.78 Å². The monoisotopic (exact) mass is 192 g/mol. The fourth-order valence-corrected chi connectivity index (χ4v) is 1.41. The van der Waals surface area contributed by atoms with Crippen molar-refractivity contribution in [2.24, 2.45) is 0 Å². The van der Waals surface area contributed by atoms with E-state index in [1.807, 2.05) is 0 Å². The van der Waals surface area contributed by atoms with Crippen LogP contribution in [0.25, 0.3) is 0 Å². The number of hydrogen-bond acceptors (Lipinski definition) is 2. The van der Waals surface area contributed by atoms with Crippen LogP contribution in [-0.2, 0) is 9.53 Å². The van der Waals surface area contributed by atoms with E-state index in [0.29, 0.717) is 5.56 Å². The van der Waals surface area contributed by atoms with Crippen LogP contribution in [0, 0.1) is 5.82 Å². The smallest absolute Gasteiger partial charge is 0.162 e. The molecule has 0 amide bonds.